The average Bonchev–Trinajstić information content (AvgIpc) is 3.11. The molecule has 4 heteroatoms. The molecule has 1 N–H and O–H groups in total. The molecule has 2 saturated carbocycles. The Morgan fingerprint density at radius 3 is 2.44 bits per heavy atom. The zero-order valence-electron chi connectivity index (χ0n) is 9.80. The predicted molar refractivity (Wildman–Crippen MR) is 70.8 cm³/mol. The highest BCUT2D eigenvalue weighted by atomic mass is 127. The summed E-state index contributed by atoms with van der Waals surface area (Å²) in [5, 5.41) is 0. The first-order valence-corrected chi connectivity index (χ1v) is 8.51. The van der Waals surface area contributed by atoms with Gasteiger partial charge in [-0.2, -0.15) is 0 Å². The summed E-state index contributed by atoms with van der Waals surface area (Å²) in [6, 6.07) is 0. The van der Waals surface area contributed by atoms with Crippen LogP contribution in [-0.4, -0.2) is 16.5 Å². The third kappa shape index (κ3) is 2.31. The van der Waals surface area contributed by atoms with Crippen molar-refractivity contribution in [2.75, 3.05) is 6.61 Å². The second kappa shape index (κ2) is 5.10. The van der Waals surface area contributed by atoms with E-state index < -0.39 is 0 Å². The summed E-state index contributed by atoms with van der Waals surface area (Å²) >= 11 is -0.338. The van der Waals surface area contributed by atoms with Crippen molar-refractivity contribution in [1.29, 1.82) is 3.56 Å². The summed E-state index contributed by atoms with van der Waals surface area (Å²) in [7, 11) is 0. The molecule has 0 unspecified atom stereocenters. The van der Waals surface area contributed by atoms with Gasteiger partial charge in [0.15, 0.2) is 0 Å². The van der Waals surface area contributed by atoms with Crippen LogP contribution in [0.15, 0.2) is 0 Å². The number of esters is 1. The topological polar surface area (TPSA) is 50.2 Å². The van der Waals surface area contributed by atoms with Gasteiger partial charge in [-0.1, -0.05) is 0 Å². The molecule has 0 saturated heterocycles. The van der Waals surface area contributed by atoms with Crippen molar-refractivity contribution >= 4 is 27.0 Å². The summed E-state index contributed by atoms with van der Waals surface area (Å²) in [6.07, 6.45) is 6.75. The molecule has 2 aliphatic carbocycles. The third-order valence-corrected chi connectivity index (χ3v) is 6.19. The van der Waals surface area contributed by atoms with E-state index in [9.17, 15) is 4.79 Å². The van der Waals surface area contributed by atoms with Crippen LogP contribution in [0, 0.1) is 14.9 Å². The fraction of sp³-hybridized carbons (Fsp3) is 0.917. The van der Waals surface area contributed by atoms with Crippen LogP contribution in [-0.2, 0) is 9.53 Å². The second-order valence-electron chi connectivity index (χ2n) is 4.93. The van der Waals surface area contributed by atoms with Gasteiger partial charge < -0.3 is 4.74 Å². The average molecular weight is 337 g/mol. The summed E-state index contributed by atoms with van der Waals surface area (Å²) in [6.45, 7) is 2.39. The second-order valence-corrected chi connectivity index (χ2v) is 7.32. The number of ether oxygens (including phenoxy) is 1. The summed E-state index contributed by atoms with van der Waals surface area (Å²) in [5.74, 6) is 0.609. The molecule has 92 valence electrons. The first-order chi connectivity index (χ1) is 7.73. The van der Waals surface area contributed by atoms with E-state index in [4.69, 9.17) is 8.30 Å². The van der Waals surface area contributed by atoms with E-state index in [0.717, 1.165) is 25.7 Å². The number of hydrogen-bond acceptors (Lipinski definition) is 3. The van der Waals surface area contributed by atoms with Crippen LogP contribution in [0.5, 0.6) is 0 Å². The van der Waals surface area contributed by atoms with Gasteiger partial charge in [0.25, 0.3) is 0 Å². The molecule has 0 bridgehead atoms. The van der Waals surface area contributed by atoms with Gasteiger partial charge in [-0.3, -0.25) is 8.36 Å². The van der Waals surface area contributed by atoms with E-state index in [-0.39, 0.29) is 32.4 Å². The van der Waals surface area contributed by atoms with Gasteiger partial charge in [-0.25, -0.2) is 0 Å². The number of carbonyl (C=O) groups excluding carboxylic acids is 1. The van der Waals surface area contributed by atoms with Crippen LogP contribution in [0.25, 0.3) is 0 Å². The minimum atomic E-state index is -0.338. The first-order valence-electron chi connectivity index (χ1n) is 6.19. The Labute approximate surface area is 107 Å². The highest BCUT2D eigenvalue weighted by molar-refractivity contribution is 14.1. The standard InChI is InChI=1S/C12H20INO2/c1-2-16-11(15)12(7-8-12)9-3-5-10(13-14)6-4-9/h9-10,14H,2-8H2,1H3. The molecule has 0 aromatic heterocycles. The Hall–Kier alpha value is -0.0000000000000000555. The van der Waals surface area contributed by atoms with Crippen LogP contribution < -0.4 is 0 Å². The zero-order valence-corrected chi connectivity index (χ0v) is 12.0. The van der Waals surface area contributed by atoms with Crippen molar-refractivity contribution < 1.29 is 9.53 Å². The molecule has 0 aliphatic heterocycles. The van der Waals surface area contributed by atoms with Crippen LogP contribution in [0.3, 0.4) is 0 Å². The molecule has 2 rings (SSSR count). The molecule has 0 heterocycles. The molecule has 2 fully saturated rings. The Kier molecular flexibility index (Phi) is 3.97. The smallest absolute Gasteiger partial charge is 0.312 e. The zero-order chi connectivity index (χ0) is 11.6. The summed E-state index contributed by atoms with van der Waals surface area (Å²) < 4.78 is 13.4. The highest BCUT2D eigenvalue weighted by Gasteiger charge is 2.56. The Balaban J connectivity index is 1.93. The molecular weight excluding hydrogens is 317 g/mol. The van der Waals surface area contributed by atoms with Crippen molar-refractivity contribution in [3.8, 4) is 0 Å². The summed E-state index contributed by atoms with van der Waals surface area (Å²) in [4.78, 5) is 11.9. The maximum absolute atomic E-state index is 11.9. The molecule has 0 radical (unpaired) electrons. The van der Waals surface area contributed by atoms with Crippen molar-refractivity contribution in [3.63, 3.8) is 0 Å². The molecular formula is C12H20INO2. The fourth-order valence-corrected chi connectivity index (χ4v) is 4.24. The lowest BCUT2D eigenvalue weighted by molar-refractivity contribution is -0.152. The van der Waals surface area contributed by atoms with Gasteiger partial charge >= 0.3 is 5.97 Å². The van der Waals surface area contributed by atoms with Crippen molar-refractivity contribution in [3.05, 3.63) is 0 Å². The van der Waals surface area contributed by atoms with Gasteiger partial charge in [0, 0.05) is 3.92 Å². The minimum absolute atomic E-state index is 0.0546. The lowest BCUT2D eigenvalue weighted by Crippen LogP contribution is -2.31. The lowest BCUT2D eigenvalue weighted by Gasteiger charge is -2.31. The summed E-state index contributed by atoms with van der Waals surface area (Å²) in [5.41, 5.74) is -0.0959. The minimum Gasteiger partial charge on any atom is -0.466 e. The molecule has 3 nitrogen and oxygen atoms in total. The van der Waals surface area contributed by atoms with Crippen LogP contribution in [0.2, 0.25) is 0 Å². The van der Waals surface area contributed by atoms with E-state index in [1.807, 2.05) is 6.92 Å². The SMILES string of the molecule is CCOC(=O)C1(C2CCC(I=N)CC2)CC1. The first kappa shape index (κ1) is 12.5. The van der Waals surface area contributed by atoms with Crippen molar-refractivity contribution in [2.24, 2.45) is 11.3 Å². The highest BCUT2D eigenvalue weighted by Crippen LogP contribution is 2.57. The number of hydrogen-bond donors (Lipinski definition) is 1. The third-order valence-electron chi connectivity index (χ3n) is 4.06. The molecule has 0 spiro atoms. The molecule has 0 aromatic rings. The monoisotopic (exact) mass is 337 g/mol. The lowest BCUT2D eigenvalue weighted by atomic mass is 9.77. The number of rotatable bonds is 4. The normalized spacial score (nSPS) is 32.1. The van der Waals surface area contributed by atoms with Crippen molar-refractivity contribution in [2.45, 2.75) is 49.4 Å². The maximum atomic E-state index is 11.9. The Morgan fingerprint density at radius 1 is 1.38 bits per heavy atom. The number of alkyl halides is 1. The van der Waals surface area contributed by atoms with Gasteiger partial charge in [0.05, 0.1) is 12.0 Å². The quantitative estimate of drug-likeness (QED) is 0.484. The maximum Gasteiger partial charge on any atom is 0.312 e. The van der Waals surface area contributed by atoms with E-state index in [1.165, 1.54) is 12.8 Å². The van der Waals surface area contributed by atoms with Crippen LogP contribution in [0.4, 0.5) is 0 Å². The van der Waals surface area contributed by atoms with Crippen molar-refractivity contribution in [1.82, 2.24) is 0 Å². The van der Waals surface area contributed by atoms with Gasteiger partial charge in [0.1, 0.15) is 0 Å². The number of halogens is 1. The molecule has 16 heavy (non-hydrogen) atoms. The Bertz CT molecular complexity index is 281. The van der Waals surface area contributed by atoms with Crippen LogP contribution >= 0.6 is 21.0 Å². The van der Waals surface area contributed by atoms with E-state index in [2.05, 4.69) is 0 Å². The predicted octanol–water partition coefficient (Wildman–Crippen LogP) is 3.62. The molecule has 0 amide bonds. The molecule has 0 aromatic carbocycles. The van der Waals surface area contributed by atoms with E-state index >= 15 is 0 Å². The fourth-order valence-electron chi connectivity index (χ4n) is 2.90. The van der Waals surface area contributed by atoms with Crippen LogP contribution in [0.1, 0.15) is 45.4 Å². The molecule has 0 atom stereocenters. The van der Waals surface area contributed by atoms with Gasteiger partial charge in [0.2, 0.25) is 0 Å². The molecule has 2 aliphatic rings. The van der Waals surface area contributed by atoms with Gasteiger partial charge in [-0.05, 0) is 72.4 Å². The van der Waals surface area contributed by atoms with E-state index in [0.29, 0.717) is 16.4 Å². The van der Waals surface area contributed by atoms with E-state index in [1.54, 1.807) is 0 Å². The number of nitrogens with one attached hydrogen (secondary N) is 1. The number of carbonyl (C=O) groups is 1. The van der Waals surface area contributed by atoms with Gasteiger partial charge in [-0.15, -0.1) is 0 Å². The Morgan fingerprint density at radius 2 is 2.00 bits per heavy atom. The largest absolute Gasteiger partial charge is 0.466 e.